The second-order valence-corrected chi connectivity index (χ2v) is 8.52. The Morgan fingerprint density at radius 2 is 1.45 bits per heavy atom. The highest BCUT2D eigenvalue weighted by atomic mass is 31.2. The molecule has 0 N–H and O–H groups in total. The third-order valence-corrected chi connectivity index (χ3v) is 4.71. The van der Waals surface area contributed by atoms with Crippen LogP contribution in [0.2, 0.25) is 0 Å². The summed E-state index contributed by atoms with van der Waals surface area (Å²) in [4.78, 5) is 0. The Morgan fingerprint density at radius 1 is 1.00 bits per heavy atom. The van der Waals surface area contributed by atoms with Crippen LogP contribution in [0.4, 0.5) is 0 Å². The van der Waals surface area contributed by atoms with Crippen LogP contribution in [0.3, 0.4) is 0 Å². The van der Waals surface area contributed by atoms with Crippen molar-refractivity contribution in [2.45, 2.75) is 12.3 Å². The van der Waals surface area contributed by atoms with Crippen molar-refractivity contribution < 1.29 is 0 Å². The molecule has 0 spiro atoms. The standard InChI is InChI=1S/C10H14P/c1-11(2)7-9-5-3-4-6-10(9)8-11/h3-6H,7-8H2,1-2H3/q+1. The van der Waals surface area contributed by atoms with E-state index in [2.05, 4.69) is 37.6 Å². The van der Waals surface area contributed by atoms with Gasteiger partial charge in [0.15, 0.2) is 0 Å². The van der Waals surface area contributed by atoms with Crippen molar-refractivity contribution in [2.75, 3.05) is 13.3 Å². The van der Waals surface area contributed by atoms with E-state index in [-0.39, 0.29) is 0 Å². The first-order chi connectivity index (χ1) is 5.17. The molecule has 1 aliphatic rings. The number of rotatable bonds is 0. The van der Waals surface area contributed by atoms with Crippen molar-refractivity contribution in [3.05, 3.63) is 35.4 Å². The Morgan fingerprint density at radius 3 is 1.91 bits per heavy atom. The molecule has 0 saturated heterocycles. The molecule has 11 heavy (non-hydrogen) atoms. The molecule has 1 heterocycles. The van der Waals surface area contributed by atoms with Crippen molar-refractivity contribution in [1.29, 1.82) is 0 Å². The molecule has 0 bridgehead atoms. The quantitative estimate of drug-likeness (QED) is 0.518. The number of fused-ring (bicyclic) bond motifs is 1. The average molecular weight is 165 g/mol. The van der Waals surface area contributed by atoms with Crippen molar-refractivity contribution >= 4 is 7.26 Å². The van der Waals surface area contributed by atoms with E-state index in [1.807, 2.05) is 0 Å². The summed E-state index contributed by atoms with van der Waals surface area (Å²) in [5.74, 6) is 0. The molecule has 1 aromatic rings. The Bertz CT molecular complexity index is 249. The van der Waals surface area contributed by atoms with E-state index in [1.54, 1.807) is 11.1 Å². The minimum Gasteiger partial charge on any atom is -0.0618 e. The second-order valence-electron chi connectivity index (χ2n) is 4.02. The molecule has 1 heteroatoms. The molecule has 0 unspecified atom stereocenters. The lowest BCUT2D eigenvalue weighted by Crippen LogP contribution is -1.83. The SMILES string of the molecule is C[P+]1(C)Cc2ccccc2C1. The van der Waals surface area contributed by atoms with Gasteiger partial charge < -0.3 is 0 Å². The zero-order valence-electron chi connectivity index (χ0n) is 7.17. The normalized spacial score (nSPS) is 19.8. The first-order valence-electron chi connectivity index (χ1n) is 4.06. The van der Waals surface area contributed by atoms with Crippen molar-refractivity contribution in [3.8, 4) is 0 Å². The first-order valence-corrected chi connectivity index (χ1v) is 7.12. The smallest absolute Gasteiger partial charge is 0.0618 e. The van der Waals surface area contributed by atoms with Gasteiger partial charge in [0.25, 0.3) is 0 Å². The van der Waals surface area contributed by atoms with E-state index in [1.165, 1.54) is 12.3 Å². The van der Waals surface area contributed by atoms with Crippen molar-refractivity contribution in [3.63, 3.8) is 0 Å². The summed E-state index contributed by atoms with van der Waals surface area (Å²) in [6.07, 6.45) is 2.73. The summed E-state index contributed by atoms with van der Waals surface area (Å²) in [5, 5.41) is 0. The molecule has 0 atom stereocenters. The van der Waals surface area contributed by atoms with E-state index < -0.39 is 7.26 Å². The second kappa shape index (κ2) is 2.32. The zero-order chi connectivity index (χ0) is 7.90. The molecule has 0 radical (unpaired) electrons. The van der Waals surface area contributed by atoms with Crippen LogP contribution in [0.5, 0.6) is 0 Å². The molecule has 0 aromatic heterocycles. The number of hydrogen-bond acceptors (Lipinski definition) is 0. The largest absolute Gasteiger partial charge is 0.0844 e. The fourth-order valence-electron chi connectivity index (χ4n) is 1.84. The summed E-state index contributed by atoms with van der Waals surface area (Å²) >= 11 is 0. The van der Waals surface area contributed by atoms with Gasteiger partial charge >= 0.3 is 0 Å². The predicted octanol–water partition coefficient (Wildman–Crippen LogP) is 2.98. The van der Waals surface area contributed by atoms with E-state index in [4.69, 9.17) is 0 Å². The van der Waals surface area contributed by atoms with Gasteiger partial charge in [-0.15, -0.1) is 0 Å². The van der Waals surface area contributed by atoms with Crippen LogP contribution >= 0.6 is 7.26 Å². The third kappa shape index (κ3) is 1.32. The Balaban J connectivity index is 2.41. The summed E-state index contributed by atoms with van der Waals surface area (Å²) in [7, 11) is -0.575. The van der Waals surface area contributed by atoms with Gasteiger partial charge in [-0.25, -0.2) is 0 Å². The Kier molecular flexibility index (Phi) is 1.54. The van der Waals surface area contributed by atoms with Gasteiger partial charge in [0.1, 0.15) is 0 Å². The molecular weight excluding hydrogens is 151 g/mol. The maximum absolute atomic E-state index is 2.45. The van der Waals surface area contributed by atoms with Crippen LogP contribution in [0.1, 0.15) is 11.1 Å². The molecule has 1 aromatic carbocycles. The van der Waals surface area contributed by atoms with Gasteiger partial charge in [-0.05, 0) is 11.1 Å². The van der Waals surface area contributed by atoms with E-state index in [0.717, 1.165) is 0 Å². The van der Waals surface area contributed by atoms with Gasteiger partial charge in [-0.2, -0.15) is 0 Å². The zero-order valence-corrected chi connectivity index (χ0v) is 8.07. The maximum Gasteiger partial charge on any atom is 0.0844 e. The van der Waals surface area contributed by atoms with Gasteiger partial charge in [-0.1, -0.05) is 24.3 Å². The highest BCUT2D eigenvalue weighted by molar-refractivity contribution is 7.73. The highest BCUT2D eigenvalue weighted by Gasteiger charge is 2.33. The topological polar surface area (TPSA) is 0 Å². The van der Waals surface area contributed by atoms with E-state index in [0.29, 0.717) is 0 Å². The van der Waals surface area contributed by atoms with Crippen LogP contribution in [-0.4, -0.2) is 13.3 Å². The summed E-state index contributed by atoms with van der Waals surface area (Å²) < 4.78 is 0. The molecule has 0 nitrogen and oxygen atoms in total. The van der Waals surface area contributed by atoms with Gasteiger partial charge in [0.05, 0.1) is 12.3 Å². The monoisotopic (exact) mass is 165 g/mol. The van der Waals surface area contributed by atoms with Gasteiger partial charge in [0.2, 0.25) is 0 Å². The minimum absolute atomic E-state index is 0.575. The molecule has 58 valence electrons. The molecule has 0 aliphatic carbocycles. The minimum atomic E-state index is -0.575. The Labute approximate surface area is 69.0 Å². The highest BCUT2D eigenvalue weighted by Crippen LogP contribution is 2.62. The fourth-order valence-corrected chi connectivity index (χ4v) is 4.42. The fraction of sp³-hybridized carbons (Fsp3) is 0.400. The van der Waals surface area contributed by atoms with Crippen LogP contribution in [0.15, 0.2) is 24.3 Å². The van der Waals surface area contributed by atoms with Gasteiger partial charge in [-0.3, -0.25) is 0 Å². The summed E-state index contributed by atoms with van der Waals surface area (Å²) in [6.45, 7) is 4.90. The van der Waals surface area contributed by atoms with E-state index >= 15 is 0 Å². The molecule has 2 rings (SSSR count). The van der Waals surface area contributed by atoms with Crippen LogP contribution in [-0.2, 0) is 12.3 Å². The summed E-state index contributed by atoms with van der Waals surface area (Å²) in [6, 6.07) is 8.88. The lowest BCUT2D eigenvalue weighted by atomic mass is 10.1. The molecule has 1 aliphatic heterocycles. The van der Waals surface area contributed by atoms with Gasteiger partial charge in [0, 0.05) is 20.6 Å². The maximum atomic E-state index is 2.45. The molecular formula is C10H14P+. The summed E-state index contributed by atoms with van der Waals surface area (Å²) in [5.41, 5.74) is 3.21. The van der Waals surface area contributed by atoms with Crippen molar-refractivity contribution in [2.24, 2.45) is 0 Å². The third-order valence-electron chi connectivity index (χ3n) is 2.32. The number of benzene rings is 1. The Hall–Kier alpha value is -0.350. The lowest BCUT2D eigenvalue weighted by Gasteiger charge is -2.07. The van der Waals surface area contributed by atoms with Crippen LogP contribution < -0.4 is 0 Å². The van der Waals surface area contributed by atoms with Crippen molar-refractivity contribution in [1.82, 2.24) is 0 Å². The molecule has 0 fully saturated rings. The first kappa shape index (κ1) is 7.31. The van der Waals surface area contributed by atoms with Crippen LogP contribution in [0, 0.1) is 0 Å². The number of hydrogen-bond donors (Lipinski definition) is 0. The molecule has 0 amide bonds. The van der Waals surface area contributed by atoms with E-state index in [9.17, 15) is 0 Å². The lowest BCUT2D eigenvalue weighted by molar-refractivity contribution is 1.35. The van der Waals surface area contributed by atoms with Crippen LogP contribution in [0.25, 0.3) is 0 Å². The average Bonchev–Trinajstić information content (AvgIpc) is 2.21. The molecule has 0 saturated carbocycles. The predicted molar refractivity (Wildman–Crippen MR) is 52.6 cm³/mol.